The van der Waals surface area contributed by atoms with E-state index in [9.17, 15) is 0 Å². The van der Waals surface area contributed by atoms with E-state index in [-0.39, 0.29) is 4.87 Å². The van der Waals surface area contributed by atoms with E-state index in [1.54, 1.807) is 11.8 Å². The van der Waals surface area contributed by atoms with Crippen molar-refractivity contribution in [2.75, 3.05) is 5.08 Å². The molecule has 1 heterocycles. The highest BCUT2D eigenvalue weighted by atomic mass is 32.2. The maximum atomic E-state index is 4.26. The number of hydrogen-bond donors (Lipinski definition) is 0. The smallest absolute Gasteiger partial charge is 0.102 e. The maximum Gasteiger partial charge on any atom is 0.102 e. The Morgan fingerprint density at radius 2 is 2.38 bits per heavy atom. The summed E-state index contributed by atoms with van der Waals surface area (Å²) in [5.74, 6) is 0. The molecule has 0 aromatic rings. The summed E-state index contributed by atoms with van der Waals surface area (Å²) in [5.41, 5.74) is 1.94. The molecule has 0 amide bonds. The highest BCUT2D eigenvalue weighted by Crippen LogP contribution is 2.32. The predicted molar refractivity (Wildman–Crippen MR) is 42.6 cm³/mol. The molecule has 1 aliphatic heterocycles. The number of nitrogens with zero attached hydrogens (tertiary/aromatic N) is 1. The van der Waals surface area contributed by atoms with Gasteiger partial charge in [0.25, 0.3) is 0 Å². The van der Waals surface area contributed by atoms with Crippen molar-refractivity contribution in [2.24, 2.45) is 4.99 Å². The topological polar surface area (TPSA) is 12.4 Å². The van der Waals surface area contributed by atoms with E-state index in [1.807, 2.05) is 17.3 Å². The average molecular weight is 147 g/mol. The monoisotopic (exact) mass is 147 g/mol. The normalized spacial score (nSPS) is 25.8. The largest absolute Gasteiger partial charge is 0.269 e. The summed E-state index contributed by atoms with van der Waals surface area (Å²) in [5, 5.41) is 1.15. The fourth-order valence-corrected chi connectivity index (χ4v) is 2.61. The van der Waals surface area contributed by atoms with Crippen LogP contribution in [-0.2, 0) is 0 Å². The number of hydrogen-bond acceptors (Lipinski definition) is 3. The van der Waals surface area contributed by atoms with Gasteiger partial charge in [0, 0.05) is 5.08 Å². The summed E-state index contributed by atoms with van der Waals surface area (Å²) in [4.78, 5) is 4.41. The lowest BCUT2D eigenvalue weighted by molar-refractivity contribution is 0.768. The molecule has 46 valence electrons. The predicted octanol–water partition coefficient (Wildman–Crippen LogP) is 2.19. The van der Waals surface area contributed by atoms with Crippen molar-refractivity contribution >= 4 is 29.1 Å². The lowest BCUT2D eigenvalue weighted by Crippen LogP contribution is -2.13. The van der Waals surface area contributed by atoms with E-state index >= 15 is 0 Å². The van der Waals surface area contributed by atoms with Crippen molar-refractivity contribution < 1.29 is 0 Å². The minimum atomic E-state index is 0.144. The molecule has 0 atom stereocenters. The Morgan fingerprint density at radius 3 is 2.62 bits per heavy atom. The Balaban J connectivity index is 2.56. The summed E-state index contributed by atoms with van der Waals surface area (Å²) < 4.78 is 0. The molecule has 0 aromatic carbocycles. The van der Waals surface area contributed by atoms with Crippen molar-refractivity contribution in [3.05, 3.63) is 0 Å². The lowest BCUT2D eigenvalue weighted by Gasteiger charge is -2.20. The molecule has 0 N–H and O–H groups in total. The number of aliphatic imine (C=N–C) groups is 1. The highest BCUT2D eigenvalue weighted by Gasteiger charge is 2.17. The molecule has 0 spiro atoms. The Morgan fingerprint density at radius 1 is 1.62 bits per heavy atom. The Hall–Kier alpha value is 0.370. The van der Waals surface area contributed by atoms with E-state index in [4.69, 9.17) is 0 Å². The average Bonchev–Trinajstić information content (AvgIpc) is 1.65. The van der Waals surface area contributed by atoms with Crippen LogP contribution in [0.15, 0.2) is 4.99 Å². The summed E-state index contributed by atoms with van der Waals surface area (Å²) in [6, 6.07) is 0. The molecule has 0 bridgehead atoms. The third-order valence-electron chi connectivity index (χ3n) is 0.918. The van der Waals surface area contributed by atoms with Gasteiger partial charge in [-0.2, -0.15) is 0 Å². The van der Waals surface area contributed by atoms with Gasteiger partial charge in [0.05, 0.1) is 5.55 Å². The lowest BCUT2D eigenvalue weighted by atomic mass is 10.4. The van der Waals surface area contributed by atoms with Crippen LogP contribution in [0, 0.1) is 0 Å². The number of rotatable bonds is 0. The summed E-state index contributed by atoms with van der Waals surface area (Å²) in [6.07, 6.45) is 0. The van der Waals surface area contributed by atoms with Crippen LogP contribution in [0.25, 0.3) is 0 Å². The van der Waals surface area contributed by atoms with E-state index in [2.05, 4.69) is 18.8 Å². The van der Waals surface area contributed by atoms with E-state index in [0.29, 0.717) is 0 Å². The summed E-state index contributed by atoms with van der Waals surface area (Å²) in [7, 11) is 0. The van der Waals surface area contributed by atoms with Gasteiger partial charge in [0.2, 0.25) is 0 Å². The molecule has 8 heavy (non-hydrogen) atoms. The molecule has 0 fully saturated rings. The first-order valence-corrected chi connectivity index (χ1v) is 4.53. The maximum absolute atomic E-state index is 4.26. The zero-order valence-electron chi connectivity index (χ0n) is 5.05. The van der Waals surface area contributed by atoms with Gasteiger partial charge in [-0.1, -0.05) is 0 Å². The molecule has 0 aromatic heterocycles. The number of thioether (sulfide) groups is 2. The van der Waals surface area contributed by atoms with Crippen molar-refractivity contribution in [1.82, 2.24) is 0 Å². The molecule has 1 rings (SSSR count). The second-order valence-corrected chi connectivity index (χ2v) is 4.88. The van der Waals surface area contributed by atoms with Crippen LogP contribution >= 0.6 is 23.5 Å². The van der Waals surface area contributed by atoms with Gasteiger partial charge in [0.1, 0.15) is 4.87 Å². The summed E-state index contributed by atoms with van der Waals surface area (Å²) >= 11 is 3.65. The van der Waals surface area contributed by atoms with Crippen molar-refractivity contribution in [3.8, 4) is 0 Å². The van der Waals surface area contributed by atoms with Crippen LogP contribution in [0.4, 0.5) is 0 Å². The van der Waals surface area contributed by atoms with Crippen molar-refractivity contribution in [2.45, 2.75) is 18.7 Å². The molecule has 0 saturated heterocycles. The minimum Gasteiger partial charge on any atom is -0.269 e. The van der Waals surface area contributed by atoms with E-state index < -0.39 is 0 Å². The fourth-order valence-electron chi connectivity index (χ4n) is 0.410. The molecular formula is C5H9NS2. The van der Waals surface area contributed by atoms with Crippen LogP contribution < -0.4 is 0 Å². The zero-order chi connectivity index (χ0) is 6.04. The molecular weight excluding hydrogens is 138 g/mol. The van der Waals surface area contributed by atoms with Crippen LogP contribution in [0.1, 0.15) is 13.8 Å². The van der Waals surface area contributed by atoms with Gasteiger partial charge < -0.3 is 0 Å². The van der Waals surface area contributed by atoms with Crippen LogP contribution in [0.3, 0.4) is 0 Å². The van der Waals surface area contributed by atoms with Gasteiger partial charge in [-0.05, 0) is 13.8 Å². The first-order valence-electron chi connectivity index (χ1n) is 2.50. The third kappa shape index (κ3) is 1.71. The molecule has 0 radical (unpaired) electrons. The van der Waals surface area contributed by atoms with Gasteiger partial charge in [0.15, 0.2) is 0 Å². The van der Waals surface area contributed by atoms with Crippen molar-refractivity contribution in [3.63, 3.8) is 0 Å². The first-order chi connectivity index (χ1) is 3.71. The first kappa shape index (κ1) is 6.49. The van der Waals surface area contributed by atoms with Gasteiger partial charge >= 0.3 is 0 Å². The van der Waals surface area contributed by atoms with E-state index in [1.165, 1.54) is 0 Å². The SMILES string of the molecule is CC1(C)N=CSCS1. The van der Waals surface area contributed by atoms with Crippen LogP contribution in [0.2, 0.25) is 0 Å². The molecule has 0 unspecified atom stereocenters. The molecule has 0 saturated carbocycles. The van der Waals surface area contributed by atoms with Crippen LogP contribution in [-0.4, -0.2) is 15.5 Å². The third-order valence-corrected chi connectivity index (χ3v) is 3.00. The minimum absolute atomic E-state index is 0.144. The fraction of sp³-hybridized carbons (Fsp3) is 0.800. The van der Waals surface area contributed by atoms with Gasteiger partial charge in [-0.15, -0.1) is 23.5 Å². The van der Waals surface area contributed by atoms with Gasteiger partial charge in [-0.25, -0.2) is 0 Å². The highest BCUT2D eigenvalue weighted by molar-refractivity contribution is 8.23. The van der Waals surface area contributed by atoms with Crippen LogP contribution in [0.5, 0.6) is 0 Å². The Bertz CT molecular complexity index is 109. The quantitative estimate of drug-likeness (QED) is 0.520. The molecule has 1 aliphatic rings. The Labute approximate surface area is 58.3 Å². The second-order valence-electron chi connectivity index (χ2n) is 2.11. The second kappa shape index (κ2) is 2.31. The Kier molecular flexibility index (Phi) is 1.88. The molecule has 3 heteroatoms. The van der Waals surface area contributed by atoms with Gasteiger partial charge in [-0.3, -0.25) is 4.99 Å². The molecule has 0 aliphatic carbocycles. The standard InChI is InChI=1S/C5H9NS2/c1-5(2)6-3-7-4-8-5/h3H,4H2,1-2H3. The molecule has 1 nitrogen and oxygen atoms in total. The van der Waals surface area contributed by atoms with Crippen molar-refractivity contribution in [1.29, 1.82) is 0 Å². The zero-order valence-corrected chi connectivity index (χ0v) is 6.68. The summed E-state index contributed by atoms with van der Waals surface area (Å²) in [6.45, 7) is 4.27. The van der Waals surface area contributed by atoms with E-state index in [0.717, 1.165) is 5.08 Å².